The number of rotatable bonds is 5. The van der Waals surface area contributed by atoms with Crippen molar-refractivity contribution in [2.75, 3.05) is 0 Å². The summed E-state index contributed by atoms with van der Waals surface area (Å²) < 4.78 is 8.52. The van der Waals surface area contributed by atoms with Gasteiger partial charge in [-0.3, -0.25) is 9.59 Å². The Balaban J connectivity index is 1.18. The van der Waals surface area contributed by atoms with Gasteiger partial charge in [0.25, 0.3) is 11.8 Å². The lowest BCUT2D eigenvalue weighted by atomic mass is 9.63. The van der Waals surface area contributed by atoms with Crippen LogP contribution in [0.15, 0.2) is 67.1 Å². The topological polar surface area (TPSA) is 59.0 Å². The Hall–Kier alpha value is -1.77. The molecular formula is C25H19Br3N2O3. The number of carbonyl (C=O) groups is 2. The number of ether oxygens (including phenoxy) is 1. The Kier molecular flexibility index (Phi) is 5.38. The van der Waals surface area contributed by atoms with E-state index in [9.17, 15) is 9.59 Å². The second kappa shape index (κ2) is 8.17. The number of amides is 2. The third-order valence-corrected chi connectivity index (χ3v) is 8.99. The Morgan fingerprint density at radius 3 is 2.09 bits per heavy atom. The van der Waals surface area contributed by atoms with Crippen LogP contribution in [0.4, 0.5) is 0 Å². The predicted octanol–water partition coefficient (Wildman–Crippen LogP) is 5.94. The van der Waals surface area contributed by atoms with Gasteiger partial charge in [-0.15, -0.1) is 0 Å². The quantitative estimate of drug-likeness (QED) is 0.232. The second-order valence-electron chi connectivity index (χ2n) is 9.12. The molecule has 5 aliphatic rings. The zero-order valence-electron chi connectivity index (χ0n) is 17.3. The molecule has 2 aromatic carbocycles. The maximum atomic E-state index is 13.1. The van der Waals surface area contributed by atoms with Crippen LogP contribution in [0.2, 0.25) is 0 Å². The highest BCUT2D eigenvalue weighted by Gasteiger charge is 2.67. The molecule has 8 heteroatoms. The standard InChI is InChI=1S/C25H19Br3N2O3/c26-14-3-1-12(2-4-14)11-33-23-19(27)7-13(8-20(23)28)10-29-30-24(31)21-15-5-6-16(18-9-17(15)18)22(21)25(30)32/h1-8,10,15-18,21-22H,9,11H2/b29-10-/t15-,16-,17-,18+,21-,22+/m0/s1. The molecule has 2 amide bonds. The summed E-state index contributed by atoms with van der Waals surface area (Å²) in [4.78, 5) is 26.1. The molecule has 7 rings (SSSR count). The predicted molar refractivity (Wildman–Crippen MR) is 134 cm³/mol. The van der Waals surface area contributed by atoms with Gasteiger partial charge in [-0.25, -0.2) is 0 Å². The third-order valence-electron chi connectivity index (χ3n) is 7.28. The number of carbonyl (C=O) groups excluding carboxylic acids is 2. The fourth-order valence-electron chi connectivity index (χ4n) is 5.71. The van der Waals surface area contributed by atoms with Gasteiger partial charge in [0.15, 0.2) is 0 Å². The average Bonchev–Trinajstić information content (AvgIpc) is 3.57. The lowest BCUT2D eigenvalue weighted by Gasteiger charge is -2.37. The molecule has 3 fully saturated rings. The lowest BCUT2D eigenvalue weighted by molar-refractivity contribution is -0.140. The molecule has 0 radical (unpaired) electrons. The Morgan fingerprint density at radius 1 is 0.939 bits per heavy atom. The number of halogens is 3. The van der Waals surface area contributed by atoms with Gasteiger partial charge in [-0.2, -0.15) is 10.1 Å². The van der Waals surface area contributed by atoms with E-state index in [0.717, 1.165) is 36.0 Å². The number of imide groups is 1. The van der Waals surface area contributed by atoms with Crippen LogP contribution in [-0.2, 0) is 16.2 Å². The van der Waals surface area contributed by atoms with Crippen LogP contribution >= 0.6 is 47.8 Å². The van der Waals surface area contributed by atoms with Crippen LogP contribution in [-0.4, -0.2) is 23.0 Å². The van der Waals surface area contributed by atoms with Gasteiger partial charge in [0, 0.05) is 4.47 Å². The second-order valence-corrected chi connectivity index (χ2v) is 11.7. The summed E-state index contributed by atoms with van der Waals surface area (Å²) in [5, 5.41) is 5.43. The average molecular weight is 635 g/mol. The van der Waals surface area contributed by atoms with E-state index in [1.54, 1.807) is 6.21 Å². The molecule has 2 bridgehead atoms. The van der Waals surface area contributed by atoms with E-state index in [0.29, 0.717) is 24.2 Å². The van der Waals surface area contributed by atoms with E-state index < -0.39 is 0 Å². The van der Waals surface area contributed by atoms with Gasteiger partial charge in [0.05, 0.1) is 27.0 Å². The van der Waals surface area contributed by atoms with Crippen molar-refractivity contribution in [3.05, 3.63) is 73.1 Å². The summed E-state index contributed by atoms with van der Waals surface area (Å²) in [5.74, 6) is 1.47. The molecule has 33 heavy (non-hydrogen) atoms. The summed E-state index contributed by atoms with van der Waals surface area (Å²) >= 11 is 10.6. The van der Waals surface area contributed by atoms with Crippen molar-refractivity contribution in [2.45, 2.75) is 13.0 Å². The molecule has 0 N–H and O–H groups in total. The summed E-state index contributed by atoms with van der Waals surface area (Å²) in [6.07, 6.45) is 7.05. The van der Waals surface area contributed by atoms with Crippen molar-refractivity contribution >= 4 is 65.8 Å². The smallest absolute Gasteiger partial charge is 0.254 e. The fourth-order valence-corrected chi connectivity index (χ4v) is 7.42. The molecule has 5 nitrogen and oxygen atoms in total. The maximum Gasteiger partial charge on any atom is 0.254 e. The molecule has 1 aliphatic heterocycles. The van der Waals surface area contributed by atoms with Crippen LogP contribution in [0.3, 0.4) is 0 Å². The molecule has 1 saturated heterocycles. The summed E-state index contributed by atoms with van der Waals surface area (Å²) in [7, 11) is 0. The number of allylic oxidation sites excluding steroid dienone is 2. The zero-order valence-corrected chi connectivity index (χ0v) is 22.1. The fraction of sp³-hybridized carbons (Fsp3) is 0.320. The van der Waals surface area contributed by atoms with Crippen molar-refractivity contribution in [3.8, 4) is 5.75 Å². The highest BCUT2D eigenvalue weighted by molar-refractivity contribution is 9.11. The number of nitrogens with zero attached hydrogens (tertiary/aromatic N) is 2. The number of benzene rings is 2. The van der Waals surface area contributed by atoms with Crippen LogP contribution in [0.5, 0.6) is 5.75 Å². The Labute approximate surface area is 216 Å². The Bertz CT molecular complexity index is 1170. The highest BCUT2D eigenvalue weighted by atomic mass is 79.9. The maximum absolute atomic E-state index is 13.1. The summed E-state index contributed by atoms with van der Waals surface area (Å²) in [6, 6.07) is 11.7. The van der Waals surface area contributed by atoms with Gasteiger partial charge < -0.3 is 4.74 Å². The van der Waals surface area contributed by atoms with Crippen molar-refractivity contribution in [3.63, 3.8) is 0 Å². The SMILES string of the molecule is O=C1[C@@H]2[C@H]3C=C[C@@H]([C@@H]4C[C@H]34)[C@@H]2C(=O)N1/N=C\c1cc(Br)c(OCc2ccc(Br)cc2)c(Br)c1. The molecule has 6 atom stereocenters. The molecule has 4 aliphatic carbocycles. The summed E-state index contributed by atoms with van der Waals surface area (Å²) in [5.41, 5.74) is 1.81. The number of hydrogen-bond donors (Lipinski definition) is 0. The van der Waals surface area contributed by atoms with Gasteiger partial charge in [-0.1, -0.05) is 40.2 Å². The minimum Gasteiger partial charge on any atom is -0.487 e. The van der Waals surface area contributed by atoms with Gasteiger partial charge >= 0.3 is 0 Å². The van der Waals surface area contributed by atoms with Gasteiger partial charge in [0.1, 0.15) is 12.4 Å². The van der Waals surface area contributed by atoms with E-state index in [2.05, 4.69) is 65.0 Å². The van der Waals surface area contributed by atoms with E-state index in [1.807, 2.05) is 36.4 Å². The zero-order chi connectivity index (χ0) is 22.9. The molecule has 0 aromatic heterocycles. The van der Waals surface area contributed by atoms with Crippen LogP contribution in [0.1, 0.15) is 17.5 Å². The first-order valence-electron chi connectivity index (χ1n) is 10.9. The molecule has 2 saturated carbocycles. The normalized spacial score (nSPS) is 31.3. The molecule has 2 aromatic rings. The monoisotopic (exact) mass is 632 g/mol. The highest BCUT2D eigenvalue weighted by Crippen LogP contribution is 2.65. The van der Waals surface area contributed by atoms with Gasteiger partial charge in [-0.05, 0) is 97.3 Å². The van der Waals surface area contributed by atoms with E-state index >= 15 is 0 Å². The third kappa shape index (κ3) is 3.65. The van der Waals surface area contributed by atoms with Crippen LogP contribution in [0, 0.1) is 35.5 Å². The molecule has 1 heterocycles. The van der Waals surface area contributed by atoms with E-state index in [-0.39, 0.29) is 35.5 Å². The summed E-state index contributed by atoms with van der Waals surface area (Å²) in [6.45, 7) is 0.426. The lowest BCUT2D eigenvalue weighted by Crippen LogP contribution is -2.40. The molecule has 0 unspecified atom stereocenters. The Morgan fingerprint density at radius 2 is 1.52 bits per heavy atom. The minimum absolute atomic E-state index is 0.154. The first-order chi connectivity index (χ1) is 15.9. The van der Waals surface area contributed by atoms with Crippen molar-refractivity contribution < 1.29 is 14.3 Å². The van der Waals surface area contributed by atoms with Crippen LogP contribution < -0.4 is 4.74 Å². The van der Waals surface area contributed by atoms with Crippen LogP contribution in [0.25, 0.3) is 0 Å². The first-order valence-corrected chi connectivity index (χ1v) is 13.3. The largest absolute Gasteiger partial charge is 0.487 e. The van der Waals surface area contributed by atoms with E-state index in [4.69, 9.17) is 4.74 Å². The van der Waals surface area contributed by atoms with Crippen molar-refractivity contribution in [2.24, 2.45) is 40.6 Å². The molecule has 0 spiro atoms. The minimum atomic E-state index is -0.235. The van der Waals surface area contributed by atoms with Crippen molar-refractivity contribution in [1.82, 2.24) is 5.01 Å². The number of hydrazone groups is 1. The van der Waals surface area contributed by atoms with E-state index in [1.165, 1.54) is 0 Å². The molecular weight excluding hydrogens is 616 g/mol. The number of hydrogen-bond acceptors (Lipinski definition) is 4. The van der Waals surface area contributed by atoms with Crippen molar-refractivity contribution in [1.29, 1.82) is 0 Å². The first kappa shape index (κ1) is 21.7. The van der Waals surface area contributed by atoms with Gasteiger partial charge in [0.2, 0.25) is 0 Å². The molecule has 168 valence electrons.